The van der Waals surface area contributed by atoms with Gasteiger partial charge in [-0.15, -0.1) is 11.3 Å². The largest absolute Gasteiger partial charge is 0.296 e. The predicted molar refractivity (Wildman–Crippen MR) is 70.8 cm³/mol. The Labute approximate surface area is 100 Å². The first-order valence-electron chi connectivity index (χ1n) is 5.32. The summed E-state index contributed by atoms with van der Waals surface area (Å²) in [5.41, 5.74) is 2.29. The molecule has 0 bridgehead atoms. The number of fused-ring (bicyclic) bond motifs is 1. The lowest BCUT2D eigenvalue weighted by molar-refractivity contribution is 0.355. The fourth-order valence-corrected chi connectivity index (χ4v) is 2.78. The average molecular weight is 232 g/mol. The molecule has 0 aliphatic heterocycles. The summed E-state index contributed by atoms with van der Waals surface area (Å²) in [6.45, 7) is 7.79. The Morgan fingerprint density at radius 3 is 2.88 bits per heavy atom. The molecule has 2 nitrogen and oxygen atoms in total. The van der Waals surface area contributed by atoms with E-state index in [4.69, 9.17) is 0 Å². The maximum Gasteiger partial charge on any atom is 0.108 e. The Bertz CT molecular complexity index is 468. The summed E-state index contributed by atoms with van der Waals surface area (Å²) in [4.78, 5) is 6.84. The van der Waals surface area contributed by atoms with Crippen LogP contribution in [-0.4, -0.2) is 23.5 Å². The van der Waals surface area contributed by atoms with Crippen LogP contribution >= 0.6 is 11.3 Å². The molecule has 0 atom stereocenters. The van der Waals surface area contributed by atoms with Crippen LogP contribution in [0, 0.1) is 0 Å². The van der Waals surface area contributed by atoms with Gasteiger partial charge in [-0.1, -0.05) is 24.3 Å². The number of aromatic nitrogens is 1. The van der Waals surface area contributed by atoms with Gasteiger partial charge in [-0.3, -0.25) is 4.90 Å². The van der Waals surface area contributed by atoms with Crippen molar-refractivity contribution < 1.29 is 0 Å². The Kier molecular flexibility index (Phi) is 3.36. The number of nitrogens with zero attached hydrogens (tertiary/aromatic N) is 2. The van der Waals surface area contributed by atoms with Gasteiger partial charge in [-0.2, -0.15) is 0 Å². The van der Waals surface area contributed by atoms with Crippen molar-refractivity contribution in [3.05, 3.63) is 41.4 Å². The van der Waals surface area contributed by atoms with Crippen LogP contribution in [0.4, 0.5) is 0 Å². The van der Waals surface area contributed by atoms with Gasteiger partial charge in [0.05, 0.1) is 16.8 Å². The zero-order valence-corrected chi connectivity index (χ0v) is 10.5. The van der Waals surface area contributed by atoms with Crippen molar-refractivity contribution in [1.82, 2.24) is 9.88 Å². The van der Waals surface area contributed by atoms with Gasteiger partial charge in [0, 0.05) is 6.54 Å². The van der Waals surface area contributed by atoms with E-state index in [0.29, 0.717) is 0 Å². The van der Waals surface area contributed by atoms with Crippen LogP contribution in [0.25, 0.3) is 10.2 Å². The molecule has 2 aromatic rings. The molecule has 1 aromatic carbocycles. The fourth-order valence-electron chi connectivity index (χ4n) is 1.74. The van der Waals surface area contributed by atoms with Crippen molar-refractivity contribution in [3.63, 3.8) is 0 Å². The molecule has 0 saturated carbocycles. The van der Waals surface area contributed by atoms with E-state index in [0.717, 1.165) is 18.6 Å². The van der Waals surface area contributed by atoms with E-state index >= 15 is 0 Å². The number of likely N-dealkylation sites (N-methyl/N-ethyl adjacent to an activating group) is 1. The van der Waals surface area contributed by atoms with Gasteiger partial charge >= 0.3 is 0 Å². The Morgan fingerprint density at radius 2 is 2.19 bits per heavy atom. The highest BCUT2D eigenvalue weighted by atomic mass is 32.1. The smallest absolute Gasteiger partial charge is 0.108 e. The lowest BCUT2D eigenvalue weighted by atomic mass is 10.3. The van der Waals surface area contributed by atoms with E-state index in [2.05, 4.69) is 48.6 Å². The summed E-state index contributed by atoms with van der Waals surface area (Å²) >= 11 is 1.77. The summed E-state index contributed by atoms with van der Waals surface area (Å²) in [5.74, 6) is 0. The Balaban J connectivity index is 2.12. The zero-order chi connectivity index (χ0) is 11.5. The monoisotopic (exact) mass is 232 g/mol. The molecular weight excluding hydrogens is 216 g/mol. The third kappa shape index (κ3) is 2.68. The van der Waals surface area contributed by atoms with E-state index in [9.17, 15) is 0 Å². The van der Waals surface area contributed by atoms with Crippen molar-refractivity contribution in [1.29, 1.82) is 0 Å². The van der Waals surface area contributed by atoms with E-state index in [-0.39, 0.29) is 0 Å². The third-order valence-corrected chi connectivity index (χ3v) is 3.30. The minimum Gasteiger partial charge on any atom is -0.296 e. The van der Waals surface area contributed by atoms with Crippen molar-refractivity contribution in [2.45, 2.75) is 13.5 Å². The molecule has 0 unspecified atom stereocenters. The van der Waals surface area contributed by atoms with Crippen LogP contribution in [0.2, 0.25) is 0 Å². The summed E-state index contributed by atoms with van der Waals surface area (Å²) in [6, 6.07) is 8.27. The molecule has 1 heterocycles. The predicted octanol–water partition coefficient (Wildman–Crippen LogP) is 3.30. The first-order valence-corrected chi connectivity index (χ1v) is 6.14. The Hall–Kier alpha value is -1.19. The molecule has 0 N–H and O–H groups in total. The number of hydrogen-bond donors (Lipinski definition) is 0. The van der Waals surface area contributed by atoms with E-state index < -0.39 is 0 Å². The van der Waals surface area contributed by atoms with Gasteiger partial charge in [0.15, 0.2) is 0 Å². The van der Waals surface area contributed by atoms with Crippen molar-refractivity contribution in [3.8, 4) is 0 Å². The maximum atomic E-state index is 4.61. The van der Waals surface area contributed by atoms with Crippen molar-refractivity contribution in [2.24, 2.45) is 0 Å². The molecule has 0 aliphatic rings. The molecule has 0 radical (unpaired) electrons. The summed E-state index contributed by atoms with van der Waals surface area (Å²) in [6.07, 6.45) is 0. The topological polar surface area (TPSA) is 16.1 Å². The third-order valence-electron chi connectivity index (χ3n) is 2.28. The molecule has 1 aromatic heterocycles. The first kappa shape index (κ1) is 11.3. The quantitative estimate of drug-likeness (QED) is 0.752. The molecule has 0 spiro atoms. The minimum absolute atomic E-state index is 0.895. The van der Waals surface area contributed by atoms with Gasteiger partial charge < -0.3 is 0 Å². The lowest BCUT2D eigenvalue weighted by Crippen LogP contribution is -2.19. The highest BCUT2D eigenvalue weighted by Crippen LogP contribution is 2.22. The highest BCUT2D eigenvalue weighted by Gasteiger charge is 2.06. The zero-order valence-electron chi connectivity index (χ0n) is 9.73. The molecule has 2 rings (SSSR count). The number of thiazole rings is 1. The van der Waals surface area contributed by atoms with Crippen LogP contribution in [0.5, 0.6) is 0 Å². The second-order valence-corrected chi connectivity index (χ2v) is 5.32. The highest BCUT2D eigenvalue weighted by molar-refractivity contribution is 7.18. The van der Waals surface area contributed by atoms with Crippen molar-refractivity contribution in [2.75, 3.05) is 13.6 Å². The first-order chi connectivity index (χ1) is 7.65. The normalized spacial score (nSPS) is 11.2. The molecular formula is C13H16N2S. The fraction of sp³-hybridized carbons (Fsp3) is 0.308. The molecule has 0 aliphatic carbocycles. The van der Waals surface area contributed by atoms with Gasteiger partial charge in [0.2, 0.25) is 0 Å². The second-order valence-electron chi connectivity index (χ2n) is 4.20. The lowest BCUT2D eigenvalue weighted by Gasteiger charge is -2.14. The minimum atomic E-state index is 0.895. The average Bonchev–Trinajstić information content (AvgIpc) is 2.57. The molecule has 84 valence electrons. The second kappa shape index (κ2) is 4.76. The SMILES string of the molecule is C=C(C)CN(C)Cc1nc2ccccc2s1. The number of benzene rings is 1. The van der Waals surface area contributed by atoms with Crippen LogP contribution < -0.4 is 0 Å². The van der Waals surface area contributed by atoms with Crippen LogP contribution in [-0.2, 0) is 6.54 Å². The number of para-hydroxylation sites is 1. The van der Waals surface area contributed by atoms with E-state index in [1.807, 2.05) is 6.07 Å². The summed E-state index contributed by atoms with van der Waals surface area (Å²) in [7, 11) is 2.10. The molecule has 0 saturated heterocycles. The van der Waals surface area contributed by atoms with E-state index in [1.165, 1.54) is 15.3 Å². The van der Waals surface area contributed by atoms with Gasteiger partial charge in [0.25, 0.3) is 0 Å². The van der Waals surface area contributed by atoms with Gasteiger partial charge in [0.1, 0.15) is 5.01 Å². The number of hydrogen-bond acceptors (Lipinski definition) is 3. The molecule has 16 heavy (non-hydrogen) atoms. The molecule has 0 amide bonds. The standard InChI is InChI=1S/C13H16N2S/c1-10(2)8-15(3)9-13-14-11-6-4-5-7-12(11)16-13/h4-7H,1,8-9H2,2-3H3. The molecule has 0 fully saturated rings. The summed E-state index contributed by atoms with van der Waals surface area (Å²) in [5, 5.41) is 1.17. The summed E-state index contributed by atoms with van der Waals surface area (Å²) < 4.78 is 1.27. The van der Waals surface area contributed by atoms with Gasteiger partial charge in [-0.25, -0.2) is 4.98 Å². The van der Waals surface area contributed by atoms with Crippen LogP contribution in [0.1, 0.15) is 11.9 Å². The van der Waals surface area contributed by atoms with E-state index in [1.54, 1.807) is 11.3 Å². The number of rotatable bonds is 4. The maximum absolute atomic E-state index is 4.61. The molecule has 3 heteroatoms. The van der Waals surface area contributed by atoms with Crippen LogP contribution in [0.3, 0.4) is 0 Å². The Morgan fingerprint density at radius 1 is 1.44 bits per heavy atom. The van der Waals surface area contributed by atoms with Crippen molar-refractivity contribution >= 4 is 21.6 Å². The van der Waals surface area contributed by atoms with Crippen LogP contribution in [0.15, 0.2) is 36.4 Å². The van der Waals surface area contributed by atoms with Gasteiger partial charge in [-0.05, 0) is 26.1 Å².